The van der Waals surface area contributed by atoms with Gasteiger partial charge < -0.3 is 0 Å². The first kappa shape index (κ1) is 14.2. The highest BCUT2D eigenvalue weighted by Gasteiger charge is 2.47. The van der Waals surface area contributed by atoms with Crippen molar-refractivity contribution < 1.29 is 8.42 Å². The van der Waals surface area contributed by atoms with Crippen LogP contribution >= 0.6 is 0 Å². The summed E-state index contributed by atoms with van der Waals surface area (Å²) in [5.74, 6) is 2.85. The summed E-state index contributed by atoms with van der Waals surface area (Å²) in [4.78, 5) is 2.76. The molecule has 3 aliphatic carbocycles. The van der Waals surface area contributed by atoms with Crippen LogP contribution in [0.2, 0.25) is 0 Å². The molecular formula is C17H22N2O2S. The normalized spacial score (nSPS) is 35.0. The fraction of sp³-hybridized carbons (Fsp3) is 0.588. The van der Waals surface area contributed by atoms with Crippen LogP contribution in [0.25, 0.3) is 0 Å². The zero-order valence-electron chi connectivity index (χ0n) is 12.8. The zero-order valence-corrected chi connectivity index (χ0v) is 13.6. The Hall–Kier alpha value is -1.36. The van der Waals surface area contributed by atoms with Crippen molar-refractivity contribution in [2.24, 2.45) is 28.8 Å². The second kappa shape index (κ2) is 5.08. The molecule has 4 unspecified atom stereocenters. The molecule has 0 saturated heterocycles. The summed E-state index contributed by atoms with van der Waals surface area (Å²) in [5, 5.41) is 4.35. The van der Waals surface area contributed by atoms with Gasteiger partial charge in [-0.25, -0.2) is 4.83 Å². The average molecular weight is 318 g/mol. The van der Waals surface area contributed by atoms with Crippen LogP contribution in [0.4, 0.5) is 0 Å². The van der Waals surface area contributed by atoms with E-state index >= 15 is 0 Å². The number of rotatable bonds is 3. The van der Waals surface area contributed by atoms with E-state index < -0.39 is 10.0 Å². The predicted octanol–water partition coefficient (Wildman–Crippen LogP) is 3.09. The summed E-state index contributed by atoms with van der Waals surface area (Å²) in [5.41, 5.74) is 2.14. The first-order valence-electron chi connectivity index (χ1n) is 8.16. The van der Waals surface area contributed by atoms with Crippen molar-refractivity contribution in [2.75, 3.05) is 0 Å². The molecule has 3 fully saturated rings. The molecule has 0 aromatic heterocycles. The molecule has 4 nitrogen and oxygen atoms in total. The minimum Gasteiger partial charge on any atom is -0.200 e. The minimum atomic E-state index is -3.55. The second-order valence-electron chi connectivity index (χ2n) is 7.26. The van der Waals surface area contributed by atoms with E-state index in [1.165, 1.54) is 25.7 Å². The van der Waals surface area contributed by atoms with Crippen molar-refractivity contribution in [2.45, 2.75) is 43.9 Å². The summed E-state index contributed by atoms with van der Waals surface area (Å²) in [7, 11) is -3.55. The number of fused-ring (bicyclic) bond motifs is 2. The fourth-order valence-electron chi connectivity index (χ4n) is 4.73. The Bertz CT molecular complexity index is 707. The van der Waals surface area contributed by atoms with Gasteiger partial charge in [0, 0.05) is 11.6 Å². The lowest BCUT2D eigenvalue weighted by Crippen LogP contribution is -2.32. The summed E-state index contributed by atoms with van der Waals surface area (Å²) in [6.07, 6.45) is 6.16. The lowest BCUT2D eigenvalue weighted by atomic mass is 9.71. The van der Waals surface area contributed by atoms with Gasteiger partial charge in [0.15, 0.2) is 0 Å². The van der Waals surface area contributed by atoms with E-state index in [1.807, 2.05) is 19.1 Å². The lowest BCUT2D eigenvalue weighted by molar-refractivity contribution is 0.242. The van der Waals surface area contributed by atoms with Crippen molar-refractivity contribution in [1.29, 1.82) is 0 Å². The fourth-order valence-corrected chi connectivity index (χ4v) is 5.57. The van der Waals surface area contributed by atoms with E-state index in [9.17, 15) is 8.42 Å². The Labute approximate surface area is 132 Å². The Kier molecular flexibility index (Phi) is 3.29. The third kappa shape index (κ3) is 2.45. The third-order valence-corrected chi connectivity index (χ3v) is 6.89. The van der Waals surface area contributed by atoms with E-state index in [0.29, 0.717) is 5.92 Å². The van der Waals surface area contributed by atoms with Crippen molar-refractivity contribution in [3.8, 4) is 0 Å². The van der Waals surface area contributed by atoms with E-state index in [2.05, 4.69) is 9.93 Å². The number of aryl methyl sites for hydroxylation is 1. The standard InChI is InChI=1S/C17H22N2O2S/c1-11-2-4-15(5-3-11)22(20,21)19-18-17-10-13-6-12-7-14(8-13)16(17)9-12/h2-5,12-14,16,19H,6-10H2,1H3/b18-17-. The molecule has 22 heavy (non-hydrogen) atoms. The second-order valence-corrected chi connectivity index (χ2v) is 8.92. The van der Waals surface area contributed by atoms with Crippen molar-refractivity contribution in [1.82, 2.24) is 4.83 Å². The Morgan fingerprint density at radius 2 is 1.77 bits per heavy atom. The number of nitrogens with zero attached hydrogens (tertiary/aromatic N) is 1. The molecule has 4 atom stereocenters. The van der Waals surface area contributed by atoms with Gasteiger partial charge in [-0.1, -0.05) is 17.7 Å². The van der Waals surface area contributed by atoms with Gasteiger partial charge in [0.1, 0.15) is 0 Å². The number of benzene rings is 1. The number of hydrogen-bond acceptors (Lipinski definition) is 3. The largest absolute Gasteiger partial charge is 0.276 e. The van der Waals surface area contributed by atoms with E-state index in [-0.39, 0.29) is 4.90 Å². The maximum absolute atomic E-state index is 12.4. The van der Waals surface area contributed by atoms with Crippen LogP contribution in [0.3, 0.4) is 0 Å². The average Bonchev–Trinajstić information content (AvgIpc) is 2.70. The van der Waals surface area contributed by atoms with Crippen LogP contribution in [0.5, 0.6) is 0 Å². The molecule has 0 aliphatic heterocycles. The molecule has 4 rings (SSSR count). The SMILES string of the molecule is Cc1ccc(S(=O)(=O)N/N=C2/CC3CC4CC(C3)C2C4)cc1. The Morgan fingerprint density at radius 1 is 1.05 bits per heavy atom. The Balaban J connectivity index is 1.55. The van der Waals surface area contributed by atoms with Gasteiger partial charge in [0.2, 0.25) is 0 Å². The highest BCUT2D eigenvalue weighted by molar-refractivity contribution is 7.89. The molecule has 118 valence electrons. The molecule has 5 heteroatoms. The molecule has 0 amide bonds. The van der Waals surface area contributed by atoms with Crippen LogP contribution in [0.1, 0.15) is 37.7 Å². The van der Waals surface area contributed by atoms with Gasteiger partial charge in [0.25, 0.3) is 10.0 Å². The number of nitrogens with one attached hydrogen (secondary N) is 1. The maximum atomic E-state index is 12.4. The first-order valence-corrected chi connectivity index (χ1v) is 9.64. The highest BCUT2D eigenvalue weighted by Crippen LogP contribution is 2.53. The molecule has 1 aromatic rings. The van der Waals surface area contributed by atoms with Gasteiger partial charge in [-0.3, -0.25) is 0 Å². The van der Waals surface area contributed by atoms with Crippen molar-refractivity contribution in [3.05, 3.63) is 29.8 Å². The van der Waals surface area contributed by atoms with Crippen LogP contribution in [0, 0.1) is 30.6 Å². The van der Waals surface area contributed by atoms with Gasteiger partial charge in [0.05, 0.1) is 4.90 Å². The molecular weight excluding hydrogens is 296 g/mol. The topological polar surface area (TPSA) is 58.5 Å². The number of sulfonamides is 1. The molecule has 3 saturated carbocycles. The molecule has 0 heterocycles. The van der Waals surface area contributed by atoms with Crippen molar-refractivity contribution in [3.63, 3.8) is 0 Å². The third-order valence-electron chi connectivity index (χ3n) is 5.66. The predicted molar refractivity (Wildman–Crippen MR) is 86.0 cm³/mol. The highest BCUT2D eigenvalue weighted by atomic mass is 32.2. The first-order chi connectivity index (χ1) is 10.5. The molecule has 3 bridgehead atoms. The lowest BCUT2D eigenvalue weighted by Gasteiger charge is -2.34. The maximum Gasteiger partial charge on any atom is 0.276 e. The van der Waals surface area contributed by atoms with Crippen LogP contribution < -0.4 is 4.83 Å². The van der Waals surface area contributed by atoms with E-state index in [0.717, 1.165) is 35.4 Å². The quantitative estimate of drug-likeness (QED) is 0.871. The summed E-state index contributed by atoms with van der Waals surface area (Å²) in [6, 6.07) is 6.89. The smallest absolute Gasteiger partial charge is 0.200 e. The van der Waals surface area contributed by atoms with Crippen LogP contribution in [-0.2, 0) is 10.0 Å². The van der Waals surface area contributed by atoms with Crippen molar-refractivity contribution >= 4 is 15.7 Å². The zero-order chi connectivity index (χ0) is 15.3. The number of hydrazone groups is 1. The van der Waals surface area contributed by atoms with Gasteiger partial charge in [-0.2, -0.15) is 13.5 Å². The molecule has 0 radical (unpaired) electrons. The van der Waals surface area contributed by atoms with Crippen LogP contribution in [-0.4, -0.2) is 14.1 Å². The monoisotopic (exact) mass is 318 g/mol. The van der Waals surface area contributed by atoms with Crippen LogP contribution in [0.15, 0.2) is 34.3 Å². The molecule has 1 aromatic carbocycles. The van der Waals surface area contributed by atoms with Gasteiger partial charge in [-0.15, -0.1) is 0 Å². The molecule has 0 spiro atoms. The Morgan fingerprint density at radius 3 is 2.55 bits per heavy atom. The van der Waals surface area contributed by atoms with E-state index in [4.69, 9.17) is 0 Å². The molecule has 1 N–H and O–H groups in total. The number of hydrogen-bond donors (Lipinski definition) is 1. The van der Waals surface area contributed by atoms with Gasteiger partial charge >= 0.3 is 0 Å². The molecule has 3 aliphatic rings. The summed E-state index contributed by atoms with van der Waals surface area (Å²) >= 11 is 0. The van der Waals surface area contributed by atoms with Gasteiger partial charge in [-0.05, 0) is 68.9 Å². The van der Waals surface area contributed by atoms with E-state index in [1.54, 1.807) is 12.1 Å². The summed E-state index contributed by atoms with van der Waals surface area (Å²) < 4.78 is 24.7. The summed E-state index contributed by atoms with van der Waals surface area (Å²) in [6.45, 7) is 1.94. The minimum absolute atomic E-state index is 0.283.